The maximum atomic E-state index is 2.25. The molecule has 0 aliphatic carbocycles. The molecular formula is Ir3Ru2. The molecule has 0 nitrogen and oxygen atoms in total. The van der Waals surface area contributed by atoms with Crippen molar-refractivity contribution in [3.8, 4) is 0 Å². The molecule has 43 valence electrons. The Labute approximate surface area is 82.0 Å². The minimum absolute atomic E-state index is 0. The Bertz CT molecular complexity index is 4.85. The fraction of sp³-hybridized carbons (Fsp3) is 0. The summed E-state index contributed by atoms with van der Waals surface area (Å²) < 4.78 is 0. The molecule has 0 rings (SSSR count). The predicted molar refractivity (Wildman–Crippen MR) is 0 cm³/mol. The third-order valence-corrected chi connectivity index (χ3v) is 0. The average Bonchev–Trinajstić information content (AvgIpc) is 0.918. The van der Waals surface area contributed by atoms with E-state index < -0.39 is 0 Å². The molecular weight excluding hydrogens is 779 g/mol. The summed E-state index contributed by atoms with van der Waals surface area (Å²) in [6.07, 6.45) is 0. The standard InChI is InChI=1S/3Ir.2Ru. The van der Waals surface area contributed by atoms with Gasteiger partial charge in [-0.15, -0.1) is 0 Å². The summed E-state index contributed by atoms with van der Waals surface area (Å²) in [7, 11) is 0. The van der Waals surface area contributed by atoms with Gasteiger partial charge in [-0.25, -0.2) is 0 Å². The monoisotopic (exact) mass is 783 g/mol. The first-order valence-electron chi connectivity index (χ1n) is 0.222. The molecule has 5 heavy (non-hydrogen) atoms. The second-order valence-corrected chi connectivity index (χ2v) is 20.3. The van der Waals surface area contributed by atoms with Gasteiger partial charge in [-0.2, -0.15) is 0 Å². The first kappa shape index (κ1) is 15.7. The summed E-state index contributed by atoms with van der Waals surface area (Å²) in [4.78, 5) is 0. The van der Waals surface area contributed by atoms with E-state index in [-0.39, 0.29) is 39.0 Å². The van der Waals surface area contributed by atoms with Gasteiger partial charge in [0.2, 0.25) is 0 Å². The van der Waals surface area contributed by atoms with Gasteiger partial charge in [0.25, 0.3) is 0 Å². The van der Waals surface area contributed by atoms with Gasteiger partial charge in [-0.3, -0.25) is 0 Å². The molecule has 0 saturated carbocycles. The quantitative estimate of drug-likeness (QED) is 0.304. The molecule has 0 saturated heterocycles. The molecule has 0 atom stereocenters. The Hall–Kier alpha value is 3.19. The zero-order valence-corrected chi connectivity index (χ0v) is 12.4. The molecule has 0 aromatic heterocycles. The largest absolute Gasteiger partial charge is 0 e. The number of hydrogen-bond donors (Lipinski definition) is 0. The van der Waals surface area contributed by atoms with Crippen molar-refractivity contribution in [3.05, 3.63) is 0 Å². The van der Waals surface area contributed by atoms with Crippen LogP contribution in [0, 0.1) is 0 Å². The van der Waals surface area contributed by atoms with Crippen LogP contribution in [0.4, 0.5) is 0 Å². The van der Waals surface area contributed by atoms with Crippen LogP contribution in [0.15, 0.2) is 0 Å². The predicted octanol–water partition coefficient (Wildman–Crippen LogP) is -0.0125. The van der Waals surface area contributed by atoms with Crippen molar-refractivity contribution in [3.63, 3.8) is 0 Å². The molecule has 5 heteroatoms. The fourth-order valence-corrected chi connectivity index (χ4v) is 0. The molecule has 0 N–H and O–H groups in total. The molecule has 0 fully saturated rings. The Morgan fingerprint density at radius 3 is 1.00 bits per heavy atom. The van der Waals surface area contributed by atoms with E-state index in [0.717, 1.165) is 0 Å². The van der Waals surface area contributed by atoms with Crippen LogP contribution in [-0.4, -0.2) is 0 Å². The van der Waals surface area contributed by atoms with E-state index in [1.165, 1.54) is 0 Å². The van der Waals surface area contributed by atoms with Crippen LogP contribution in [0.2, 0.25) is 0 Å². The van der Waals surface area contributed by atoms with Crippen molar-refractivity contribution >= 4 is 0 Å². The van der Waals surface area contributed by atoms with E-state index >= 15 is 0 Å². The third-order valence-electron chi connectivity index (χ3n) is 0. The van der Waals surface area contributed by atoms with Gasteiger partial charge in [-0.1, -0.05) is 0 Å². The van der Waals surface area contributed by atoms with Crippen LogP contribution in [0.25, 0.3) is 0 Å². The number of rotatable bonds is 0. The van der Waals surface area contributed by atoms with Gasteiger partial charge < -0.3 is 0 Å². The Morgan fingerprint density at radius 1 is 1.00 bits per heavy atom. The van der Waals surface area contributed by atoms with Crippen molar-refractivity contribution in [2.75, 3.05) is 0 Å². The van der Waals surface area contributed by atoms with E-state index in [9.17, 15) is 0 Å². The second kappa shape index (κ2) is 15.7. The van der Waals surface area contributed by atoms with Crippen LogP contribution < -0.4 is 0 Å². The maximum absolute atomic E-state index is 2.25. The van der Waals surface area contributed by atoms with E-state index in [4.69, 9.17) is 0 Å². The van der Waals surface area contributed by atoms with Gasteiger partial charge in [0, 0.05) is 39.0 Å². The second-order valence-electron chi connectivity index (χ2n) is 0.0370. The van der Waals surface area contributed by atoms with Crippen molar-refractivity contribution < 1.29 is 83.7 Å². The van der Waals surface area contributed by atoms with Crippen molar-refractivity contribution in [2.24, 2.45) is 0 Å². The Kier molecular flexibility index (Phi) is 49.3. The topological polar surface area (TPSA) is 0 Å². The van der Waals surface area contributed by atoms with Crippen LogP contribution >= 0.6 is 0 Å². The van der Waals surface area contributed by atoms with Gasteiger partial charge in [-0.05, 0) is 0 Å². The van der Waals surface area contributed by atoms with Crippen molar-refractivity contribution in [2.45, 2.75) is 0 Å². The molecule has 0 spiro atoms. The van der Waals surface area contributed by atoms with E-state index in [2.05, 4.69) is 32.4 Å². The zero-order valence-electron chi connectivity index (χ0n) is 1.71. The molecule has 0 amide bonds. The van der Waals surface area contributed by atoms with E-state index in [1.54, 1.807) is 0 Å². The van der Waals surface area contributed by atoms with E-state index in [0.29, 0.717) is 12.3 Å². The Balaban J connectivity index is -0.0000000200. The maximum Gasteiger partial charge on any atom is 0 e. The molecule has 0 heterocycles. The van der Waals surface area contributed by atoms with Gasteiger partial charge >= 0.3 is 44.7 Å². The molecule has 0 aliphatic heterocycles. The molecule has 0 radical (unpaired) electrons. The summed E-state index contributed by atoms with van der Waals surface area (Å²) in [5, 5.41) is 0. The summed E-state index contributed by atoms with van der Waals surface area (Å²) in [6.45, 7) is 0. The molecule has 0 unspecified atom stereocenters. The Morgan fingerprint density at radius 2 is 1.00 bits per heavy atom. The minimum Gasteiger partial charge on any atom is 0 e. The van der Waals surface area contributed by atoms with Crippen LogP contribution in [-0.2, 0) is 83.7 Å². The van der Waals surface area contributed by atoms with Crippen molar-refractivity contribution in [1.82, 2.24) is 0 Å². The molecule has 0 aromatic carbocycles. The first-order valence-corrected chi connectivity index (χ1v) is 14.9. The van der Waals surface area contributed by atoms with Crippen LogP contribution in [0.1, 0.15) is 0 Å². The SMILES string of the molecule is [Ir][Ir][Ir].[Ru].[Ru]. The fourth-order valence-electron chi connectivity index (χ4n) is 0. The van der Waals surface area contributed by atoms with Crippen LogP contribution in [0.3, 0.4) is 0 Å². The van der Waals surface area contributed by atoms with Gasteiger partial charge in [0.1, 0.15) is 0 Å². The van der Waals surface area contributed by atoms with E-state index in [1.807, 2.05) is 0 Å². The molecule has 0 bridgehead atoms. The molecule has 0 aliphatic rings. The van der Waals surface area contributed by atoms with Crippen LogP contribution in [0.5, 0.6) is 0 Å². The third kappa shape index (κ3) is 19.0. The number of hydrogen-bond acceptors (Lipinski definition) is 0. The first-order chi connectivity index (χ1) is 1.41. The normalized spacial score (nSPS) is 4.80. The minimum atomic E-state index is 0. The summed E-state index contributed by atoms with van der Waals surface area (Å²) in [6, 6.07) is 0. The smallest absolute Gasteiger partial charge is 0 e. The zero-order chi connectivity index (χ0) is 2.71. The summed E-state index contributed by atoms with van der Waals surface area (Å²) in [5.41, 5.74) is 0. The molecule has 0 aromatic rings. The van der Waals surface area contributed by atoms with Gasteiger partial charge in [0.15, 0.2) is 0 Å². The van der Waals surface area contributed by atoms with Crippen molar-refractivity contribution in [1.29, 1.82) is 0 Å². The summed E-state index contributed by atoms with van der Waals surface area (Å²) in [5.74, 6) is 0. The average molecular weight is 779 g/mol. The van der Waals surface area contributed by atoms with Gasteiger partial charge in [0.05, 0.1) is 0 Å². The summed E-state index contributed by atoms with van der Waals surface area (Å²) >= 11 is 5.00.